The van der Waals surface area contributed by atoms with Crippen LogP contribution < -0.4 is 5.32 Å². The van der Waals surface area contributed by atoms with Crippen molar-refractivity contribution in [2.75, 3.05) is 0 Å². The van der Waals surface area contributed by atoms with Crippen LogP contribution in [0.2, 0.25) is 0 Å². The van der Waals surface area contributed by atoms with Crippen LogP contribution in [-0.4, -0.2) is 11.5 Å². The molecule has 0 saturated heterocycles. The van der Waals surface area contributed by atoms with Crippen LogP contribution in [0.1, 0.15) is 6.92 Å². The molecule has 0 unspecified atom stereocenters. The van der Waals surface area contributed by atoms with Gasteiger partial charge in [0.2, 0.25) is 5.78 Å². The van der Waals surface area contributed by atoms with E-state index >= 15 is 0 Å². The van der Waals surface area contributed by atoms with Crippen LogP contribution in [0.5, 0.6) is 0 Å². The second kappa shape index (κ2) is 7.88. The molecule has 1 aliphatic heterocycles. The summed E-state index contributed by atoms with van der Waals surface area (Å²) in [5, 5.41) is 3.02. The molecule has 0 aromatic rings. The predicted octanol–water partition coefficient (Wildman–Crippen LogP) is 2.71. The van der Waals surface area contributed by atoms with Crippen LogP contribution in [0.15, 0.2) is 65.1 Å². The molecule has 1 aliphatic carbocycles. The number of nitrogens with one attached hydrogen (secondary N) is 1. The van der Waals surface area contributed by atoms with Gasteiger partial charge in [-0.3, -0.25) is 9.79 Å². The summed E-state index contributed by atoms with van der Waals surface area (Å²) in [6.45, 7) is 1.94. The zero-order chi connectivity index (χ0) is 13.4. The molecule has 0 aromatic heterocycles. The van der Waals surface area contributed by atoms with E-state index in [1.807, 2.05) is 31.4 Å². The Morgan fingerprint density at radius 1 is 1.28 bits per heavy atom. The van der Waals surface area contributed by atoms with E-state index in [0.29, 0.717) is 5.71 Å². The number of rotatable bonds is 1. The van der Waals surface area contributed by atoms with E-state index < -0.39 is 0 Å². The van der Waals surface area contributed by atoms with Gasteiger partial charge in [-0.1, -0.05) is 12.2 Å². The van der Waals surface area contributed by atoms with Gasteiger partial charge in [0.15, 0.2) is 0 Å². The fourth-order valence-electron chi connectivity index (χ4n) is 1.35. The van der Waals surface area contributed by atoms with Gasteiger partial charge >= 0.3 is 25.2 Å². The summed E-state index contributed by atoms with van der Waals surface area (Å²) < 4.78 is 0. The average Bonchev–Trinajstić information content (AvgIpc) is 2.43. The third-order valence-corrected chi connectivity index (χ3v) is 2.19. The van der Waals surface area contributed by atoms with E-state index in [9.17, 15) is 4.79 Å². The first kappa shape index (κ1) is 14.7. The van der Waals surface area contributed by atoms with Crippen molar-refractivity contribution < 1.29 is 19.9 Å². The third-order valence-electron chi connectivity index (χ3n) is 2.19. The van der Waals surface area contributed by atoms with Crippen molar-refractivity contribution in [2.24, 2.45) is 4.99 Å². The van der Waals surface area contributed by atoms with E-state index in [1.165, 1.54) is 6.08 Å². The van der Waals surface area contributed by atoms with Crippen LogP contribution in [0.3, 0.4) is 0 Å². The van der Waals surface area contributed by atoms with Crippen molar-refractivity contribution in [3.63, 3.8) is 0 Å². The molecule has 2 rings (SSSR count). The minimum absolute atomic E-state index is 0.0576. The van der Waals surface area contributed by atoms with Crippen molar-refractivity contribution in [3.8, 4) is 0 Å². The number of nitrogens with zero attached hydrogens (tertiary/aromatic N) is 1. The second-order valence-electron chi connectivity index (χ2n) is 3.55. The molecule has 0 fully saturated rings. The summed E-state index contributed by atoms with van der Waals surface area (Å²) in [5.74, 6) is -0.0576. The van der Waals surface area contributed by atoms with Crippen LogP contribution in [0.4, 0.5) is 0 Å². The molecule has 0 spiro atoms. The van der Waals surface area contributed by atoms with E-state index in [1.54, 1.807) is 18.4 Å². The zero-order valence-electron chi connectivity index (χ0n) is 9.65. The normalized spacial score (nSPS) is 21.6. The zero-order valence-corrected chi connectivity index (χ0v) is 11.4. The second-order valence-corrected chi connectivity index (χ2v) is 3.55. The topological polar surface area (TPSA) is 41.5 Å². The van der Waals surface area contributed by atoms with Crippen molar-refractivity contribution in [1.29, 1.82) is 0 Å². The molecule has 1 N–H and O–H groups in total. The molecule has 1 heterocycles. The van der Waals surface area contributed by atoms with Crippen LogP contribution in [0.25, 0.3) is 0 Å². The number of hydrogen-bond acceptors (Lipinski definition) is 3. The predicted molar refractivity (Wildman–Crippen MR) is 70.7 cm³/mol. The van der Waals surface area contributed by atoms with Crippen LogP contribution in [0, 0.1) is 0 Å². The number of aliphatic imine (C=N–C) groups is 1. The van der Waals surface area contributed by atoms with E-state index in [0.717, 1.165) is 11.3 Å². The van der Waals surface area contributed by atoms with Gasteiger partial charge in [0.25, 0.3) is 0 Å². The monoisotopic (exact) mass is 310 g/mol. The number of halogens is 1. The molecule has 0 bridgehead atoms. The van der Waals surface area contributed by atoms with Crippen molar-refractivity contribution in [1.82, 2.24) is 5.32 Å². The summed E-state index contributed by atoms with van der Waals surface area (Å²) in [5.41, 5.74) is 2.37. The maximum atomic E-state index is 11.5. The number of hydrogen-bond donors (Lipinski definition) is 1. The molecule has 0 radical (unpaired) electrons. The number of dihydropyridines is 1. The Morgan fingerprint density at radius 3 is 2.72 bits per heavy atom. The molecule has 0 aromatic carbocycles. The number of ketones is 1. The molecule has 3 nitrogen and oxygen atoms in total. The standard InChI is InChI=1S/C13H12N2O.ClH.Cu/c1-10-5-6-13(16)12(8-10)15-9-11-4-2-3-7-14-11;;/h2-9,14H,1H3;1H;/q;;+1/p-1/b11-9-,15-12?;;. The van der Waals surface area contributed by atoms with Gasteiger partial charge in [-0.15, -0.1) is 0 Å². The molecule has 0 atom stereocenters. The van der Waals surface area contributed by atoms with Gasteiger partial charge in [0.05, 0.1) is 11.9 Å². The Labute approximate surface area is 119 Å². The fraction of sp³-hybridized carbons (Fsp3) is 0.0769. The van der Waals surface area contributed by atoms with Crippen LogP contribution >= 0.6 is 10.1 Å². The molecule has 98 valence electrons. The Morgan fingerprint density at radius 2 is 2.06 bits per heavy atom. The van der Waals surface area contributed by atoms with Crippen molar-refractivity contribution in [2.45, 2.75) is 6.92 Å². The number of carbonyl (C=O) groups excluding carboxylic acids is 1. The first-order valence-corrected chi connectivity index (χ1v) is 6.45. The number of allylic oxidation sites excluding steroid dienone is 7. The SMILES string of the molecule is CC1=CC(=N/C=C2/C=CC=CN2)C(=O)C=C1.[Cl][Cu]. The first-order valence-electron chi connectivity index (χ1n) is 5.15. The first-order chi connectivity index (χ1) is 8.75. The van der Waals surface area contributed by atoms with E-state index in [2.05, 4.69) is 35.5 Å². The molecule has 5 heteroatoms. The molecular weight excluding hydrogens is 299 g/mol. The van der Waals surface area contributed by atoms with Gasteiger partial charge in [-0.25, -0.2) is 0 Å². The maximum absolute atomic E-state index is 11.5. The minimum atomic E-state index is -0.0576. The van der Waals surface area contributed by atoms with Gasteiger partial charge in [-0.05, 0) is 36.8 Å². The quantitative estimate of drug-likeness (QED) is 0.597. The molecule has 0 saturated carbocycles. The summed E-state index contributed by atoms with van der Waals surface area (Å²) in [4.78, 5) is 15.6. The Bertz CT molecular complexity index is 499. The van der Waals surface area contributed by atoms with E-state index in [4.69, 9.17) is 0 Å². The number of carbonyl (C=O) groups is 1. The molecule has 18 heavy (non-hydrogen) atoms. The molecule has 2 aliphatic rings. The summed E-state index contributed by atoms with van der Waals surface area (Å²) in [6, 6.07) is 0. The fourth-order valence-corrected chi connectivity index (χ4v) is 1.35. The van der Waals surface area contributed by atoms with Gasteiger partial charge in [0, 0.05) is 6.20 Å². The Balaban J connectivity index is 0.000000771. The molecular formula is C13H12ClCuN2O. The Hall–Kier alpha value is -1.35. The van der Waals surface area contributed by atoms with Gasteiger partial charge in [0.1, 0.15) is 5.71 Å². The van der Waals surface area contributed by atoms with Gasteiger partial charge in [-0.2, -0.15) is 0 Å². The van der Waals surface area contributed by atoms with Crippen LogP contribution in [-0.2, 0) is 19.9 Å². The summed E-state index contributed by atoms with van der Waals surface area (Å²) >= 11 is 3.66. The third kappa shape index (κ3) is 4.49. The average molecular weight is 311 g/mol. The Kier molecular flexibility index (Phi) is 6.44. The summed E-state index contributed by atoms with van der Waals surface area (Å²) in [7, 11) is 4.20. The summed E-state index contributed by atoms with van der Waals surface area (Å²) in [6.07, 6.45) is 14.3. The van der Waals surface area contributed by atoms with E-state index in [-0.39, 0.29) is 5.78 Å². The molecule has 0 amide bonds. The van der Waals surface area contributed by atoms with Crippen molar-refractivity contribution in [3.05, 3.63) is 60.1 Å². The van der Waals surface area contributed by atoms with Gasteiger partial charge < -0.3 is 5.32 Å². The van der Waals surface area contributed by atoms with Crippen molar-refractivity contribution >= 4 is 21.6 Å².